The van der Waals surface area contributed by atoms with Gasteiger partial charge in [0, 0.05) is 24.2 Å². The number of likely N-dealkylation sites (tertiary alicyclic amines) is 1. The highest BCUT2D eigenvalue weighted by Crippen LogP contribution is 2.39. The summed E-state index contributed by atoms with van der Waals surface area (Å²) in [4.78, 5) is 36.9. The summed E-state index contributed by atoms with van der Waals surface area (Å²) in [6, 6.07) is 9.01. The maximum Gasteiger partial charge on any atom is 0.295 e. The molecule has 2 N–H and O–H groups in total. The smallest absolute Gasteiger partial charge is 0.295 e. The van der Waals surface area contributed by atoms with Gasteiger partial charge in [0.1, 0.15) is 11.6 Å². The van der Waals surface area contributed by atoms with E-state index < -0.39 is 34.2 Å². The average Bonchev–Trinajstić information content (AvgIpc) is 3.01. The van der Waals surface area contributed by atoms with Gasteiger partial charge in [0.25, 0.3) is 17.4 Å². The van der Waals surface area contributed by atoms with Gasteiger partial charge >= 0.3 is 0 Å². The third kappa shape index (κ3) is 4.60. The van der Waals surface area contributed by atoms with E-state index >= 15 is 0 Å². The van der Waals surface area contributed by atoms with Crippen molar-refractivity contribution in [2.75, 3.05) is 26.4 Å². The maximum absolute atomic E-state index is 13.4. The Morgan fingerprint density at radius 1 is 1.10 bits per heavy atom. The zero-order valence-electron chi connectivity index (χ0n) is 16.2. The number of hydrogen-bond acceptors (Lipinski definition) is 7. The van der Waals surface area contributed by atoms with E-state index in [1.165, 1.54) is 53.4 Å². The van der Waals surface area contributed by atoms with E-state index in [4.69, 9.17) is 9.84 Å². The number of carbonyl (C=O) groups is 2. The maximum atomic E-state index is 13.4. The lowest BCUT2D eigenvalue weighted by atomic mass is 9.95. The Morgan fingerprint density at radius 2 is 1.74 bits per heavy atom. The van der Waals surface area contributed by atoms with Crippen LogP contribution in [0.5, 0.6) is 0 Å². The van der Waals surface area contributed by atoms with Crippen molar-refractivity contribution in [1.29, 1.82) is 0 Å². The second-order valence-corrected chi connectivity index (χ2v) is 6.68. The van der Waals surface area contributed by atoms with Crippen molar-refractivity contribution < 1.29 is 33.9 Å². The zero-order chi connectivity index (χ0) is 22.5. The molecule has 0 spiro atoms. The Morgan fingerprint density at radius 3 is 2.32 bits per heavy atom. The van der Waals surface area contributed by atoms with E-state index in [0.717, 1.165) is 0 Å². The topological polar surface area (TPSA) is 130 Å². The quantitative estimate of drug-likeness (QED) is 0.164. The Kier molecular flexibility index (Phi) is 6.73. The molecular formula is C21H19FN2O7. The molecule has 0 aliphatic carbocycles. The van der Waals surface area contributed by atoms with Gasteiger partial charge in [-0.25, -0.2) is 4.39 Å². The first-order chi connectivity index (χ1) is 14.8. The van der Waals surface area contributed by atoms with Gasteiger partial charge in [0.15, 0.2) is 0 Å². The number of halogens is 1. The summed E-state index contributed by atoms with van der Waals surface area (Å²) >= 11 is 0. The van der Waals surface area contributed by atoms with Crippen LogP contribution in [-0.4, -0.2) is 58.1 Å². The zero-order valence-corrected chi connectivity index (χ0v) is 16.2. The molecule has 1 fully saturated rings. The first kappa shape index (κ1) is 22.1. The van der Waals surface area contributed by atoms with Gasteiger partial charge in [-0.05, 0) is 29.8 Å². The van der Waals surface area contributed by atoms with Gasteiger partial charge < -0.3 is 19.8 Å². The second kappa shape index (κ2) is 9.45. The molecule has 10 heteroatoms. The fourth-order valence-corrected chi connectivity index (χ4v) is 3.33. The van der Waals surface area contributed by atoms with Crippen molar-refractivity contribution in [3.63, 3.8) is 0 Å². The van der Waals surface area contributed by atoms with Crippen LogP contribution >= 0.6 is 0 Å². The minimum Gasteiger partial charge on any atom is -0.507 e. The summed E-state index contributed by atoms with van der Waals surface area (Å²) in [7, 11) is 0. The number of carbonyl (C=O) groups excluding carboxylic acids is 2. The van der Waals surface area contributed by atoms with E-state index in [2.05, 4.69) is 0 Å². The number of hydrogen-bond donors (Lipinski definition) is 2. The third-order valence-corrected chi connectivity index (χ3v) is 4.79. The Hall–Kier alpha value is -3.63. The van der Waals surface area contributed by atoms with E-state index in [-0.39, 0.29) is 43.2 Å². The molecule has 1 heterocycles. The predicted octanol–water partition coefficient (Wildman–Crippen LogP) is 2.16. The number of benzene rings is 2. The average molecular weight is 430 g/mol. The van der Waals surface area contributed by atoms with Crippen molar-refractivity contribution in [1.82, 2.24) is 4.90 Å². The lowest BCUT2D eigenvalue weighted by Crippen LogP contribution is -2.33. The van der Waals surface area contributed by atoms with Gasteiger partial charge in [-0.3, -0.25) is 19.7 Å². The largest absolute Gasteiger partial charge is 0.507 e. The molecule has 2 aromatic carbocycles. The van der Waals surface area contributed by atoms with Crippen LogP contribution in [0.15, 0.2) is 54.1 Å². The van der Waals surface area contributed by atoms with Crippen LogP contribution < -0.4 is 0 Å². The van der Waals surface area contributed by atoms with Crippen molar-refractivity contribution in [3.05, 3.63) is 81.2 Å². The summed E-state index contributed by atoms with van der Waals surface area (Å²) < 4.78 is 18.6. The first-order valence-corrected chi connectivity index (χ1v) is 9.32. The Labute approximate surface area is 176 Å². The number of nitro benzene ring substituents is 1. The lowest BCUT2D eigenvalue weighted by Gasteiger charge is -2.25. The first-order valence-electron chi connectivity index (χ1n) is 9.32. The van der Waals surface area contributed by atoms with Crippen molar-refractivity contribution >= 4 is 23.1 Å². The van der Waals surface area contributed by atoms with Gasteiger partial charge in [-0.2, -0.15) is 0 Å². The minimum atomic E-state index is -1.01. The summed E-state index contributed by atoms with van der Waals surface area (Å²) in [5.74, 6) is -2.82. The molecule has 0 saturated carbocycles. The summed E-state index contributed by atoms with van der Waals surface area (Å²) in [6.07, 6.45) is 0. The molecule has 3 rings (SSSR count). The molecule has 162 valence electrons. The Bertz CT molecular complexity index is 1020. The molecule has 0 radical (unpaired) electrons. The molecule has 9 nitrogen and oxygen atoms in total. The van der Waals surface area contributed by atoms with Crippen molar-refractivity contribution in [2.45, 2.75) is 6.04 Å². The van der Waals surface area contributed by atoms with E-state index in [1.54, 1.807) is 0 Å². The number of non-ortho nitro benzene ring substituents is 1. The predicted molar refractivity (Wildman–Crippen MR) is 106 cm³/mol. The number of Topliss-reactive ketones (excluding diaryl/α,β-unsaturated/α-hetero) is 1. The van der Waals surface area contributed by atoms with Gasteiger partial charge in [0.2, 0.25) is 0 Å². The molecule has 1 amide bonds. The highest BCUT2D eigenvalue weighted by Gasteiger charge is 2.45. The fourth-order valence-electron chi connectivity index (χ4n) is 3.33. The number of aliphatic hydroxyl groups is 2. The van der Waals surface area contributed by atoms with Gasteiger partial charge in [-0.1, -0.05) is 12.1 Å². The monoisotopic (exact) mass is 430 g/mol. The van der Waals surface area contributed by atoms with E-state index in [1.807, 2.05) is 0 Å². The minimum absolute atomic E-state index is 0.0103. The number of ketones is 1. The van der Waals surface area contributed by atoms with Crippen LogP contribution in [0.25, 0.3) is 5.76 Å². The summed E-state index contributed by atoms with van der Waals surface area (Å²) in [5, 5.41) is 30.5. The number of nitro groups is 1. The van der Waals surface area contributed by atoms with E-state index in [9.17, 15) is 29.2 Å². The molecule has 1 atom stereocenters. The summed E-state index contributed by atoms with van der Waals surface area (Å²) in [6.45, 7) is -0.138. The molecular weight excluding hydrogens is 411 g/mol. The normalized spacial score (nSPS) is 17.9. The van der Waals surface area contributed by atoms with Crippen LogP contribution in [0.3, 0.4) is 0 Å². The SMILES string of the molecule is O=C1C(=O)N(CCOCCO)C(c2ccc(F)cc2)C1=C(O)c1ccc([N+](=O)[O-])cc1. The highest BCUT2D eigenvalue weighted by atomic mass is 19.1. The van der Waals surface area contributed by atoms with Crippen LogP contribution in [0, 0.1) is 15.9 Å². The number of amides is 1. The van der Waals surface area contributed by atoms with Crippen LogP contribution in [0.1, 0.15) is 17.2 Å². The molecule has 1 unspecified atom stereocenters. The second-order valence-electron chi connectivity index (χ2n) is 6.68. The van der Waals surface area contributed by atoms with Gasteiger partial charge in [-0.15, -0.1) is 0 Å². The number of rotatable bonds is 8. The summed E-state index contributed by atoms with van der Waals surface area (Å²) in [5.41, 5.74) is 0.0965. The molecule has 1 aliphatic heterocycles. The van der Waals surface area contributed by atoms with Crippen molar-refractivity contribution in [2.24, 2.45) is 0 Å². The molecule has 31 heavy (non-hydrogen) atoms. The lowest BCUT2D eigenvalue weighted by molar-refractivity contribution is -0.384. The number of aliphatic hydroxyl groups excluding tert-OH is 2. The molecule has 2 aromatic rings. The third-order valence-electron chi connectivity index (χ3n) is 4.79. The standard InChI is InChI=1S/C21H19FN2O7/c22-15-5-1-13(2-6-15)18-17(19(26)14-3-7-16(8-4-14)24(29)30)20(27)21(28)23(18)9-11-31-12-10-25/h1-8,18,25-26H,9-12H2. The van der Waals surface area contributed by atoms with Crippen molar-refractivity contribution in [3.8, 4) is 0 Å². The molecule has 1 saturated heterocycles. The molecule has 0 bridgehead atoms. The number of nitrogens with zero attached hydrogens (tertiary/aromatic N) is 2. The molecule has 1 aliphatic rings. The fraction of sp³-hybridized carbons (Fsp3) is 0.238. The van der Waals surface area contributed by atoms with Crippen LogP contribution in [-0.2, 0) is 14.3 Å². The number of ether oxygens (including phenoxy) is 1. The van der Waals surface area contributed by atoms with Crippen LogP contribution in [0.4, 0.5) is 10.1 Å². The van der Waals surface area contributed by atoms with Crippen LogP contribution in [0.2, 0.25) is 0 Å². The Balaban J connectivity index is 2.05. The highest BCUT2D eigenvalue weighted by molar-refractivity contribution is 6.46. The van der Waals surface area contributed by atoms with Gasteiger partial charge in [0.05, 0.1) is 36.4 Å². The molecule has 0 aromatic heterocycles. The van der Waals surface area contributed by atoms with E-state index in [0.29, 0.717) is 5.56 Å².